The Morgan fingerprint density at radius 3 is 2.74 bits per heavy atom. The number of benzene rings is 1. The van der Waals surface area contributed by atoms with Crippen LogP contribution in [0.3, 0.4) is 0 Å². The van der Waals surface area contributed by atoms with Gasteiger partial charge in [-0.25, -0.2) is 0 Å². The molecule has 4 nitrogen and oxygen atoms in total. The zero-order valence-electron chi connectivity index (χ0n) is 11.6. The van der Waals surface area contributed by atoms with Gasteiger partial charge in [0, 0.05) is 30.8 Å². The van der Waals surface area contributed by atoms with Gasteiger partial charge in [-0.1, -0.05) is 18.2 Å². The first-order chi connectivity index (χ1) is 9.20. The molecule has 0 aliphatic heterocycles. The van der Waals surface area contributed by atoms with Crippen molar-refractivity contribution in [2.75, 3.05) is 6.61 Å². The molecule has 0 fully saturated rings. The highest BCUT2D eigenvalue weighted by molar-refractivity contribution is 5.32. The second-order valence-corrected chi connectivity index (χ2v) is 4.66. The van der Waals surface area contributed by atoms with Crippen LogP contribution in [0.5, 0.6) is 5.75 Å². The van der Waals surface area contributed by atoms with Crippen LogP contribution >= 0.6 is 0 Å². The molecule has 102 valence electrons. The molecule has 0 aliphatic carbocycles. The van der Waals surface area contributed by atoms with Crippen LogP contribution in [-0.4, -0.2) is 16.4 Å². The summed E-state index contributed by atoms with van der Waals surface area (Å²) < 4.78 is 7.80. The van der Waals surface area contributed by atoms with E-state index >= 15 is 0 Å². The first kappa shape index (κ1) is 13.6. The van der Waals surface area contributed by atoms with Crippen LogP contribution in [0.15, 0.2) is 30.3 Å². The third-order valence-electron chi connectivity index (χ3n) is 3.07. The fourth-order valence-electron chi connectivity index (χ4n) is 2.11. The first-order valence-corrected chi connectivity index (χ1v) is 6.62. The minimum Gasteiger partial charge on any atom is -0.493 e. The Morgan fingerprint density at radius 2 is 2.05 bits per heavy atom. The van der Waals surface area contributed by atoms with Crippen LogP contribution in [0.4, 0.5) is 0 Å². The molecule has 0 saturated heterocycles. The molecule has 0 bridgehead atoms. The van der Waals surface area contributed by atoms with E-state index in [2.05, 4.69) is 18.1 Å². The summed E-state index contributed by atoms with van der Waals surface area (Å²) in [4.78, 5) is 0. The van der Waals surface area contributed by atoms with Crippen molar-refractivity contribution < 1.29 is 4.74 Å². The van der Waals surface area contributed by atoms with E-state index in [0.29, 0.717) is 13.2 Å². The standard InChI is InChI=1S/C15H21N3O/c1-12-10-13(2)18(17-12)8-5-9-19-15-7-4-3-6-14(15)11-16/h3-4,6-7,10H,5,8-9,11,16H2,1-2H3. The van der Waals surface area contributed by atoms with E-state index < -0.39 is 0 Å². The predicted octanol–water partition coefficient (Wildman–Crippen LogP) is 2.43. The van der Waals surface area contributed by atoms with Crippen LogP contribution in [0.2, 0.25) is 0 Å². The van der Waals surface area contributed by atoms with E-state index in [0.717, 1.165) is 30.0 Å². The average Bonchev–Trinajstić information content (AvgIpc) is 2.73. The van der Waals surface area contributed by atoms with Gasteiger partial charge in [-0.3, -0.25) is 4.68 Å². The molecule has 0 unspecified atom stereocenters. The normalized spacial score (nSPS) is 10.7. The molecule has 0 aliphatic rings. The molecular weight excluding hydrogens is 238 g/mol. The van der Waals surface area contributed by atoms with Crippen LogP contribution in [-0.2, 0) is 13.1 Å². The summed E-state index contributed by atoms with van der Waals surface area (Å²) >= 11 is 0. The van der Waals surface area contributed by atoms with E-state index in [4.69, 9.17) is 10.5 Å². The highest BCUT2D eigenvalue weighted by Gasteiger charge is 2.02. The lowest BCUT2D eigenvalue weighted by Gasteiger charge is -2.10. The molecular formula is C15H21N3O. The summed E-state index contributed by atoms with van der Waals surface area (Å²) in [6, 6.07) is 9.99. The summed E-state index contributed by atoms with van der Waals surface area (Å²) in [5, 5.41) is 4.43. The van der Waals surface area contributed by atoms with Crippen LogP contribution in [0.1, 0.15) is 23.4 Å². The molecule has 19 heavy (non-hydrogen) atoms. The van der Waals surface area contributed by atoms with E-state index in [1.54, 1.807) is 0 Å². The summed E-state index contributed by atoms with van der Waals surface area (Å²) in [6.07, 6.45) is 0.931. The Kier molecular flexibility index (Phi) is 4.58. The van der Waals surface area contributed by atoms with Crippen molar-refractivity contribution in [1.29, 1.82) is 0 Å². The minimum atomic E-state index is 0.508. The monoisotopic (exact) mass is 259 g/mol. The fourth-order valence-corrected chi connectivity index (χ4v) is 2.11. The largest absolute Gasteiger partial charge is 0.493 e. The number of hydrogen-bond donors (Lipinski definition) is 1. The third-order valence-corrected chi connectivity index (χ3v) is 3.07. The van der Waals surface area contributed by atoms with E-state index in [1.165, 1.54) is 5.69 Å². The number of hydrogen-bond acceptors (Lipinski definition) is 3. The van der Waals surface area contributed by atoms with Gasteiger partial charge in [0.15, 0.2) is 0 Å². The van der Waals surface area contributed by atoms with Crippen molar-refractivity contribution in [3.05, 3.63) is 47.3 Å². The van der Waals surface area contributed by atoms with E-state index in [9.17, 15) is 0 Å². The predicted molar refractivity (Wildman–Crippen MR) is 76.1 cm³/mol. The summed E-state index contributed by atoms with van der Waals surface area (Å²) in [5.74, 6) is 0.887. The molecule has 0 radical (unpaired) electrons. The van der Waals surface area contributed by atoms with Gasteiger partial charge in [0.2, 0.25) is 0 Å². The summed E-state index contributed by atoms with van der Waals surface area (Å²) in [6.45, 7) is 6.15. The average molecular weight is 259 g/mol. The van der Waals surface area contributed by atoms with Crippen LogP contribution in [0, 0.1) is 13.8 Å². The van der Waals surface area contributed by atoms with Gasteiger partial charge in [0.25, 0.3) is 0 Å². The van der Waals surface area contributed by atoms with Gasteiger partial charge in [-0.2, -0.15) is 5.10 Å². The van der Waals surface area contributed by atoms with Gasteiger partial charge >= 0.3 is 0 Å². The van der Waals surface area contributed by atoms with Crippen molar-refractivity contribution in [2.24, 2.45) is 5.73 Å². The second-order valence-electron chi connectivity index (χ2n) is 4.66. The molecule has 0 atom stereocenters. The smallest absolute Gasteiger partial charge is 0.123 e. The zero-order chi connectivity index (χ0) is 13.7. The molecule has 1 heterocycles. The molecule has 2 aromatic rings. The highest BCUT2D eigenvalue weighted by atomic mass is 16.5. The van der Waals surface area contributed by atoms with Gasteiger partial charge in [0.1, 0.15) is 5.75 Å². The number of nitrogens with two attached hydrogens (primary N) is 1. The van der Waals surface area contributed by atoms with E-state index in [1.807, 2.05) is 35.9 Å². The first-order valence-electron chi connectivity index (χ1n) is 6.62. The van der Waals surface area contributed by atoms with Crippen molar-refractivity contribution in [1.82, 2.24) is 9.78 Å². The lowest BCUT2D eigenvalue weighted by atomic mass is 10.2. The highest BCUT2D eigenvalue weighted by Crippen LogP contribution is 2.17. The molecule has 0 spiro atoms. The molecule has 0 saturated carbocycles. The summed E-state index contributed by atoms with van der Waals surface area (Å²) in [5.41, 5.74) is 8.98. The number of nitrogens with zero attached hydrogens (tertiary/aromatic N) is 2. The quantitative estimate of drug-likeness (QED) is 0.811. The van der Waals surface area contributed by atoms with Crippen LogP contribution in [0.25, 0.3) is 0 Å². The van der Waals surface area contributed by atoms with Gasteiger partial charge in [-0.15, -0.1) is 0 Å². The molecule has 4 heteroatoms. The van der Waals surface area contributed by atoms with Gasteiger partial charge in [0.05, 0.1) is 12.3 Å². The lowest BCUT2D eigenvalue weighted by Crippen LogP contribution is -2.08. The number of aryl methyl sites for hydroxylation is 3. The van der Waals surface area contributed by atoms with Gasteiger partial charge in [-0.05, 0) is 26.0 Å². The van der Waals surface area contributed by atoms with Crippen molar-refractivity contribution in [2.45, 2.75) is 33.4 Å². The Hall–Kier alpha value is -1.81. The van der Waals surface area contributed by atoms with E-state index in [-0.39, 0.29) is 0 Å². The van der Waals surface area contributed by atoms with Crippen molar-refractivity contribution in [3.63, 3.8) is 0 Å². The topological polar surface area (TPSA) is 53.1 Å². The van der Waals surface area contributed by atoms with Crippen LogP contribution < -0.4 is 10.5 Å². The lowest BCUT2D eigenvalue weighted by molar-refractivity contribution is 0.295. The second kappa shape index (κ2) is 6.38. The fraction of sp³-hybridized carbons (Fsp3) is 0.400. The maximum atomic E-state index is 5.78. The molecule has 2 N–H and O–H groups in total. The minimum absolute atomic E-state index is 0.508. The zero-order valence-corrected chi connectivity index (χ0v) is 11.6. The maximum Gasteiger partial charge on any atom is 0.123 e. The maximum absolute atomic E-state index is 5.78. The van der Waals surface area contributed by atoms with Crippen molar-refractivity contribution >= 4 is 0 Å². The van der Waals surface area contributed by atoms with Gasteiger partial charge < -0.3 is 10.5 Å². The molecule has 1 aromatic heterocycles. The SMILES string of the molecule is Cc1cc(C)n(CCCOc2ccccc2CN)n1. The number of para-hydroxylation sites is 1. The Morgan fingerprint density at radius 1 is 1.26 bits per heavy atom. The molecule has 0 amide bonds. The Balaban J connectivity index is 1.82. The number of rotatable bonds is 6. The Labute approximate surface area is 114 Å². The third kappa shape index (κ3) is 3.58. The molecule has 1 aromatic carbocycles. The number of aromatic nitrogens is 2. The molecule has 2 rings (SSSR count). The van der Waals surface area contributed by atoms with Crippen molar-refractivity contribution in [3.8, 4) is 5.75 Å². The number of ether oxygens (including phenoxy) is 1. The summed E-state index contributed by atoms with van der Waals surface area (Å²) in [7, 11) is 0. The Bertz CT molecular complexity index is 534.